The number of carbonyl (C=O) groups is 1. The van der Waals surface area contributed by atoms with E-state index in [1.54, 1.807) is 6.92 Å². The average molecular weight is 293 g/mol. The van der Waals surface area contributed by atoms with E-state index in [-0.39, 0.29) is 29.8 Å². The second kappa shape index (κ2) is 5.99. The second-order valence-electron chi connectivity index (χ2n) is 3.77. The van der Waals surface area contributed by atoms with Crippen molar-refractivity contribution in [3.05, 3.63) is 34.2 Å². The molecule has 0 aliphatic rings. The predicted octanol–water partition coefficient (Wildman–Crippen LogP) is 1.83. The number of hydrogen-bond donors (Lipinski definition) is 0. The third-order valence-electron chi connectivity index (χ3n) is 2.50. The fraction of sp³-hybridized carbons (Fsp3) is 0.250. The lowest BCUT2D eigenvalue weighted by Crippen LogP contribution is -2.04. The molecule has 2 rings (SSSR count). The first-order valence-electron chi connectivity index (χ1n) is 5.90. The molecule has 0 unspecified atom stereocenters. The Morgan fingerprint density at radius 2 is 2.19 bits per heavy atom. The molecule has 9 heteroatoms. The van der Waals surface area contributed by atoms with E-state index in [4.69, 9.17) is 13.9 Å². The lowest BCUT2D eigenvalue weighted by atomic mass is 10.2. The number of rotatable bonds is 5. The van der Waals surface area contributed by atoms with Gasteiger partial charge in [-0.2, -0.15) is 0 Å². The molecule has 0 radical (unpaired) electrons. The van der Waals surface area contributed by atoms with E-state index in [1.807, 2.05) is 0 Å². The van der Waals surface area contributed by atoms with Crippen LogP contribution in [0.15, 0.2) is 22.6 Å². The number of ether oxygens (including phenoxy) is 2. The van der Waals surface area contributed by atoms with E-state index >= 15 is 0 Å². The highest BCUT2D eigenvalue weighted by Crippen LogP contribution is 2.32. The lowest BCUT2D eigenvalue weighted by Gasteiger charge is -2.04. The number of benzene rings is 1. The molecule has 9 nitrogen and oxygen atoms in total. The molecule has 1 heterocycles. The number of methoxy groups -OCH3 is 1. The number of carbonyl (C=O) groups excluding carboxylic acids is 1. The molecule has 0 aliphatic heterocycles. The van der Waals surface area contributed by atoms with Crippen LogP contribution in [0.4, 0.5) is 5.69 Å². The summed E-state index contributed by atoms with van der Waals surface area (Å²) in [6, 6.07) is 3.90. The van der Waals surface area contributed by atoms with Crippen molar-refractivity contribution in [2.45, 2.75) is 6.92 Å². The van der Waals surface area contributed by atoms with Crippen LogP contribution in [0.2, 0.25) is 0 Å². The summed E-state index contributed by atoms with van der Waals surface area (Å²) in [5.74, 6) is -0.850. The number of aromatic nitrogens is 2. The van der Waals surface area contributed by atoms with Crippen molar-refractivity contribution in [2.75, 3.05) is 13.7 Å². The Balaban J connectivity index is 2.38. The van der Waals surface area contributed by atoms with E-state index in [2.05, 4.69) is 10.2 Å². The quantitative estimate of drug-likeness (QED) is 0.465. The lowest BCUT2D eigenvalue weighted by molar-refractivity contribution is -0.384. The fourth-order valence-corrected chi connectivity index (χ4v) is 1.58. The molecule has 0 bridgehead atoms. The molecular weight excluding hydrogens is 282 g/mol. The third-order valence-corrected chi connectivity index (χ3v) is 2.50. The summed E-state index contributed by atoms with van der Waals surface area (Å²) in [5.41, 5.74) is 0.201. The molecule has 0 fully saturated rings. The summed E-state index contributed by atoms with van der Waals surface area (Å²) in [6.45, 7) is 1.83. The molecule has 1 aromatic heterocycles. The van der Waals surface area contributed by atoms with Crippen molar-refractivity contribution < 1.29 is 23.6 Å². The number of non-ortho nitro benzene ring substituents is 1. The summed E-state index contributed by atoms with van der Waals surface area (Å²) in [7, 11) is 1.35. The molecule has 21 heavy (non-hydrogen) atoms. The highest BCUT2D eigenvalue weighted by atomic mass is 16.6. The Hall–Kier alpha value is -2.97. The first kappa shape index (κ1) is 14.4. The molecule has 0 amide bonds. The van der Waals surface area contributed by atoms with Gasteiger partial charge >= 0.3 is 11.9 Å². The molecule has 2 aromatic rings. The van der Waals surface area contributed by atoms with E-state index in [0.29, 0.717) is 5.56 Å². The smallest absolute Gasteiger partial charge is 0.396 e. The van der Waals surface area contributed by atoms with Crippen LogP contribution in [-0.4, -0.2) is 34.8 Å². The van der Waals surface area contributed by atoms with Gasteiger partial charge in [-0.05, 0) is 13.0 Å². The zero-order valence-corrected chi connectivity index (χ0v) is 11.2. The minimum atomic E-state index is -0.739. The van der Waals surface area contributed by atoms with E-state index in [1.165, 1.54) is 25.3 Å². The van der Waals surface area contributed by atoms with Gasteiger partial charge < -0.3 is 13.9 Å². The minimum absolute atomic E-state index is 0.00445. The average Bonchev–Trinajstić information content (AvgIpc) is 2.96. The zero-order valence-electron chi connectivity index (χ0n) is 11.2. The van der Waals surface area contributed by atoms with Gasteiger partial charge in [0, 0.05) is 6.07 Å². The van der Waals surface area contributed by atoms with Crippen LogP contribution < -0.4 is 4.74 Å². The van der Waals surface area contributed by atoms with Gasteiger partial charge in [0.05, 0.1) is 30.3 Å². The Morgan fingerprint density at radius 3 is 2.81 bits per heavy atom. The van der Waals surface area contributed by atoms with Crippen molar-refractivity contribution in [1.82, 2.24) is 10.2 Å². The van der Waals surface area contributed by atoms with Crippen LogP contribution in [0, 0.1) is 10.1 Å². The Labute approximate surface area is 118 Å². The number of nitrogens with zero attached hydrogens (tertiary/aromatic N) is 3. The van der Waals surface area contributed by atoms with E-state index in [0.717, 1.165) is 0 Å². The van der Waals surface area contributed by atoms with Crippen LogP contribution >= 0.6 is 0 Å². The van der Waals surface area contributed by atoms with Crippen LogP contribution in [0.25, 0.3) is 11.5 Å². The number of esters is 1. The topological polar surface area (TPSA) is 118 Å². The maximum atomic E-state index is 11.4. The van der Waals surface area contributed by atoms with Crippen LogP contribution in [0.3, 0.4) is 0 Å². The van der Waals surface area contributed by atoms with E-state index in [9.17, 15) is 14.9 Å². The summed E-state index contributed by atoms with van der Waals surface area (Å²) in [4.78, 5) is 21.6. The highest BCUT2D eigenvalue weighted by Gasteiger charge is 2.20. The van der Waals surface area contributed by atoms with Crippen molar-refractivity contribution in [3.8, 4) is 17.2 Å². The third kappa shape index (κ3) is 2.96. The van der Waals surface area contributed by atoms with Crippen LogP contribution in [-0.2, 0) is 4.74 Å². The molecule has 0 aliphatic carbocycles. The molecule has 0 spiro atoms. The van der Waals surface area contributed by atoms with Gasteiger partial charge in [0.1, 0.15) is 5.75 Å². The predicted molar refractivity (Wildman–Crippen MR) is 68.9 cm³/mol. The number of nitro benzene ring substituents is 1. The van der Waals surface area contributed by atoms with Gasteiger partial charge in [-0.3, -0.25) is 10.1 Å². The summed E-state index contributed by atoms with van der Waals surface area (Å²) in [5, 5.41) is 18.0. The monoisotopic (exact) mass is 293 g/mol. The first-order chi connectivity index (χ1) is 10.1. The standard InChI is InChI=1S/C12H11N3O6/c1-3-20-12(16)11-14-13-10(21-11)8-5-4-7(15(17)18)6-9(8)19-2/h4-6H,3H2,1-2H3. The molecule has 0 N–H and O–H groups in total. The van der Waals surface area contributed by atoms with Crippen molar-refractivity contribution in [2.24, 2.45) is 0 Å². The molecule has 110 valence electrons. The minimum Gasteiger partial charge on any atom is -0.496 e. The van der Waals surface area contributed by atoms with Gasteiger partial charge in [0.15, 0.2) is 0 Å². The normalized spacial score (nSPS) is 10.2. The van der Waals surface area contributed by atoms with Gasteiger partial charge in [-0.15, -0.1) is 10.2 Å². The zero-order chi connectivity index (χ0) is 15.4. The fourth-order valence-electron chi connectivity index (χ4n) is 1.58. The largest absolute Gasteiger partial charge is 0.496 e. The Bertz CT molecular complexity index is 681. The number of hydrogen-bond acceptors (Lipinski definition) is 8. The molecular formula is C12H11N3O6. The maximum Gasteiger partial charge on any atom is 0.396 e. The van der Waals surface area contributed by atoms with Gasteiger partial charge in [0.25, 0.3) is 11.6 Å². The van der Waals surface area contributed by atoms with Crippen molar-refractivity contribution >= 4 is 11.7 Å². The van der Waals surface area contributed by atoms with Gasteiger partial charge in [0.2, 0.25) is 0 Å². The van der Waals surface area contributed by atoms with Gasteiger partial charge in [-0.25, -0.2) is 4.79 Å². The first-order valence-corrected chi connectivity index (χ1v) is 5.90. The SMILES string of the molecule is CCOC(=O)c1nnc(-c2ccc([N+](=O)[O-])cc2OC)o1. The van der Waals surface area contributed by atoms with E-state index < -0.39 is 10.9 Å². The van der Waals surface area contributed by atoms with Crippen molar-refractivity contribution in [3.63, 3.8) is 0 Å². The Morgan fingerprint density at radius 1 is 1.43 bits per heavy atom. The summed E-state index contributed by atoms with van der Waals surface area (Å²) in [6.07, 6.45) is 0. The molecule has 0 saturated heterocycles. The molecule has 0 saturated carbocycles. The summed E-state index contributed by atoms with van der Waals surface area (Å²) >= 11 is 0. The van der Waals surface area contributed by atoms with Crippen LogP contribution in [0.1, 0.15) is 17.6 Å². The highest BCUT2D eigenvalue weighted by molar-refractivity contribution is 5.84. The van der Waals surface area contributed by atoms with Gasteiger partial charge in [-0.1, -0.05) is 0 Å². The maximum absolute atomic E-state index is 11.4. The molecule has 0 atom stereocenters. The summed E-state index contributed by atoms with van der Waals surface area (Å²) < 4.78 is 15.0. The molecule has 1 aromatic carbocycles. The second-order valence-corrected chi connectivity index (χ2v) is 3.77. The van der Waals surface area contributed by atoms with Crippen molar-refractivity contribution in [1.29, 1.82) is 0 Å². The van der Waals surface area contributed by atoms with Crippen LogP contribution in [0.5, 0.6) is 5.75 Å². The Kier molecular flexibility index (Phi) is 4.12. The number of nitro groups is 1.